The molecule has 3 heterocycles. The topological polar surface area (TPSA) is 76.0 Å². The number of aliphatic hydroxyl groups excluding tert-OH is 1. The number of nitrogens with zero attached hydrogens (tertiary/aromatic N) is 3. The molecule has 5 nitrogen and oxygen atoms in total. The third-order valence-electron chi connectivity index (χ3n) is 8.46. The maximum Gasteiger partial charge on any atom is 0.162 e. The van der Waals surface area contributed by atoms with E-state index in [-0.39, 0.29) is 48.9 Å². The van der Waals surface area contributed by atoms with E-state index in [1.165, 1.54) is 26.4 Å². The van der Waals surface area contributed by atoms with Crippen molar-refractivity contribution in [3.05, 3.63) is 59.6 Å². The predicted molar refractivity (Wildman–Crippen MR) is 202 cm³/mol. The third kappa shape index (κ3) is 9.45. The van der Waals surface area contributed by atoms with E-state index in [0.717, 1.165) is 63.8 Å². The summed E-state index contributed by atoms with van der Waals surface area (Å²) >= 11 is 3.49. The number of benzene rings is 2. The molecule has 47 heavy (non-hydrogen) atoms. The van der Waals surface area contributed by atoms with Gasteiger partial charge in [0.25, 0.3) is 0 Å². The summed E-state index contributed by atoms with van der Waals surface area (Å²) in [6, 6.07) is 14.6. The van der Waals surface area contributed by atoms with Crippen molar-refractivity contribution in [1.29, 1.82) is 0 Å². The predicted octanol–water partition coefficient (Wildman–Crippen LogP) is 10.9. The molecule has 0 aliphatic rings. The van der Waals surface area contributed by atoms with Gasteiger partial charge in [-0.3, -0.25) is 9.78 Å². The summed E-state index contributed by atoms with van der Waals surface area (Å²) in [5.41, 5.74) is 3.29. The Bertz CT molecular complexity index is 1840. The zero-order chi connectivity index (χ0) is 33.8. The Balaban J connectivity index is 0.000000322. The van der Waals surface area contributed by atoms with Crippen LogP contribution < -0.4 is 5.19 Å². The van der Waals surface area contributed by atoms with Crippen LogP contribution in [-0.2, 0) is 31.3 Å². The fraction of sp³-hybridized carbons (Fsp3) is 0.474. The first-order chi connectivity index (χ1) is 21.7. The van der Waals surface area contributed by atoms with Gasteiger partial charge in [-0.25, -0.2) is 9.97 Å². The SMILES string of the molecule is CC(C)(C)Cc1nc2sc3c(-c4[c-]c5ccccc5c([Si](C)(C)C)c4)ncnc3c2s1.CCC(CC)C(=O)/C=C(\O)C(CC)CC.[Ir]. The van der Waals surface area contributed by atoms with Gasteiger partial charge >= 0.3 is 0 Å². The molecule has 0 bridgehead atoms. The summed E-state index contributed by atoms with van der Waals surface area (Å²) < 4.78 is 2.31. The van der Waals surface area contributed by atoms with Crippen molar-refractivity contribution < 1.29 is 30.0 Å². The van der Waals surface area contributed by atoms with Gasteiger partial charge in [-0.15, -0.1) is 51.4 Å². The number of carbonyl (C=O) groups excluding carboxylic acids is 1. The van der Waals surface area contributed by atoms with Gasteiger partial charge in [0.15, 0.2) is 5.78 Å². The van der Waals surface area contributed by atoms with Crippen LogP contribution >= 0.6 is 22.7 Å². The monoisotopic (exact) mass is 865 g/mol. The second kappa shape index (κ2) is 16.4. The number of ketones is 1. The molecular weight excluding hydrogens is 815 g/mol. The summed E-state index contributed by atoms with van der Waals surface area (Å²) in [4.78, 5) is 27.1. The van der Waals surface area contributed by atoms with E-state index >= 15 is 0 Å². The number of allylic oxidation sites excluding steroid dienone is 2. The Kier molecular flexibility index (Phi) is 13.7. The van der Waals surface area contributed by atoms with Crippen molar-refractivity contribution in [2.24, 2.45) is 17.3 Å². The third-order valence-corrected chi connectivity index (χ3v) is 12.8. The molecule has 0 aliphatic carbocycles. The fourth-order valence-electron chi connectivity index (χ4n) is 5.77. The molecule has 1 N–H and O–H groups in total. The van der Waals surface area contributed by atoms with Gasteiger partial charge < -0.3 is 5.11 Å². The number of fused-ring (bicyclic) bond motifs is 4. The summed E-state index contributed by atoms with van der Waals surface area (Å²) in [6.45, 7) is 22.0. The first-order valence-corrected chi connectivity index (χ1v) is 21.8. The number of thiazole rings is 1. The Morgan fingerprint density at radius 2 is 1.60 bits per heavy atom. The Labute approximate surface area is 303 Å². The van der Waals surface area contributed by atoms with E-state index in [2.05, 4.69) is 81.8 Å². The van der Waals surface area contributed by atoms with Crippen LogP contribution in [0.4, 0.5) is 0 Å². The number of hydrogen-bond acceptors (Lipinski definition) is 7. The second-order valence-electron chi connectivity index (χ2n) is 14.4. The molecule has 0 unspecified atom stereocenters. The average molecular weight is 865 g/mol. The molecule has 2 aromatic carbocycles. The molecule has 3 aromatic heterocycles. The van der Waals surface area contributed by atoms with Gasteiger partial charge in [0.1, 0.15) is 11.2 Å². The van der Waals surface area contributed by atoms with Gasteiger partial charge in [-0.2, -0.15) is 0 Å². The molecular formula is C38H50IrN3O2S2Si-. The van der Waals surface area contributed by atoms with Crippen molar-refractivity contribution in [3.63, 3.8) is 0 Å². The van der Waals surface area contributed by atoms with Crippen molar-refractivity contribution in [2.75, 3.05) is 0 Å². The van der Waals surface area contributed by atoms with Gasteiger partial charge in [0.05, 0.1) is 29.1 Å². The maximum atomic E-state index is 11.7. The van der Waals surface area contributed by atoms with E-state index < -0.39 is 8.07 Å². The molecule has 255 valence electrons. The van der Waals surface area contributed by atoms with Crippen molar-refractivity contribution in [3.8, 4) is 11.3 Å². The molecule has 5 rings (SSSR count). The molecule has 0 saturated heterocycles. The quantitative estimate of drug-likeness (QED) is 0.0655. The van der Waals surface area contributed by atoms with Crippen molar-refractivity contribution in [2.45, 2.75) is 100 Å². The van der Waals surface area contributed by atoms with E-state index in [4.69, 9.17) is 9.97 Å². The molecule has 5 aromatic rings. The zero-order valence-corrected chi connectivity index (χ0v) is 34.6. The minimum Gasteiger partial charge on any atom is -0.512 e. The largest absolute Gasteiger partial charge is 0.512 e. The van der Waals surface area contributed by atoms with Crippen LogP contribution in [0.3, 0.4) is 0 Å². The number of aromatic nitrogens is 3. The van der Waals surface area contributed by atoms with E-state index in [1.807, 2.05) is 27.7 Å². The maximum absolute atomic E-state index is 11.7. The normalized spacial score (nSPS) is 12.6. The van der Waals surface area contributed by atoms with Crippen LogP contribution in [0.1, 0.15) is 79.2 Å². The van der Waals surface area contributed by atoms with E-state index in [0.29, 0.717) is 0 Å². The molecule has 0 atom stereocenters. The standard InChI is InChI=1S/C25H26N3S2Si.C13H24O2.Ir/c1-25(2,3)13-19-28-24-23(29-19)21-22(30-24)20(26-14-27-21)16-11-15-9-7-8-10-17(15)18(12-16)31(4,5)6;1-5-10(6-2)12(14)9-13(15)11(7-3)8-4;/h7-10,12,14H,13H2,1-6H3;9-11,14H,5-8H2,1-4H3;/q-1;;/b;12-9-;. The minimum atomic E-state index is -1.55. The summed E-state index contributed by atoms with van der Waals surface area (Å²) in [6.07, 6.45) is 7.59. The van der Waals surface area contributed by atoms with Gasteiger partial charge in [-0.1, -0.05) is 97.3 Å². The first-order valence-electron chi connectivity index (χ1n) is 16.6. The van der Waals surface area contributed by atoms with Gasteiger partial charge in [0.2, 0.25) is 0 Å². The number of carbonyl (C=O) groups is 1. The molecule has 0 aliphatic heterocycles. The van der Waals surface area contributed by atoms with Crippen molar-refractivity contribution in [1.82, 2.24) is 15.0 Å². The molecule has 0 amide bonds. The molecule has 1 radical (unpaired) electrons. The van der Waals surface area contributed by atoms with Crippen LogP contribution in [-0.4, -0.2) is 33.9 Å². The number of aliphatic hydroxyl groups is 1. The Morgan fingerprint density at radius 1 is 0.957 bits per heavy atom. The van der Waals surface area contributed by atoms with Crippen LogP contribution in [0, 0.1) is 23.3 Å². The molecule has 0 saturated carbocycles. The van der Waals surface area contributed by atoms with Gasteiger partial charge in [0, 0.05) is 54.8 Å². The summed E-state index contributed by atoms with van der Waals surface area (Å²) in [5, 5.41) is 14.9. The number of hydrogen-bond donors (Lipinski definition) is 1. The fourth-order valence-corrected chi connectivity index (χ4v) is 10.1. The number of thiophene rings is 1. The molecule has 0 fully saturated rings. The van der Waals surface area contributed by atoms with Gasteiger partial charge in [-0.05, 0) is 31.1 Å². The van der Waals surface area contributed by atoms with Crippen LogP contribution in [0.5, 0.6) is 0 Å². The summed E-state index contributed by atoms with van der Waals surface area (Å²) in [5.74, 6) is 0.547. The minimum absolute atomic E-state index is 0. The van der Waals surface area contributed by atoms with E-state index in [1.54, 1.807) is 29.0 Å². The second-order valence-corrected chi connectivity index (χ2v) is 21.5. The molecule has 0 spiro atoms. The first kappa shape index (κ1) is 39.1. The van der Waals surface area contributed by atoms with E-state index in [9.17, 15) is 9.90 Å². The Hall–Kier alpha value is -2.29. The summed E-state index contributed by atoms with van der Waals surface area (Å²) in [7, 11) is -1.55. The average Bonchev–Trinajstić information content (AvgIpc) is 3.53. The number of rotatable bonds is 10. The Morgan fingerprint density at radius 3 is 2.19 bits per heavy atom. The van der Waals surface area contributed by atoms with Crippen molar-refractivity contribution >= 4 is 72.2 Å². The van der Waals surface area contributed by atoms with Crippen LogP contribution in [0.25, 0.3) is 41.8 Å². The molecule has 9 heteroatoms. The smallest absolute Gasteiger partial charge is 0.162 e. The van der Waals surface area contributed by atoms with Crippen LogP contribution in [0.2, 0.25) is 19.6 Å². The zero-order valence-electron chi connectivity index (χ0n) is 29.6. The van der Waals surface area contributed by atoms with Crippen LogP contribution in [0.15, 0.2) is 48.5 Å².